The molecule has 3 heteroatoms. The van der Waals surface area contributed by atoms with Crippen molar-refractivity contribution < 1.29 is 9.90 Å². The minimum absolute atomic E-state index is 0.0233. The molecule has 0 saturated heterocycles. The van der Waals surface area contributed by atoms with E-state index in [0.29, 0.717) is 6.42 Å². The van der Waals surface area contributed by atoms with E-state index >= 15 is 0 Å². The van der Waals surface area contributed by atoms with Gasteiger partial charge in [0.2, 0.25) is 5.91 Å². The van der Waals surface area contributed by atoms with E-state index in [0.717, 1.165) is 12.8 Å². The molecule has 0 bridgehead atoms. The second-order valence-electron chi connectivity index (χ2n) is 3.70. The Morgan fingerprint density at radius 3 is 2.46 bits per heavy atom. The third-order valence-electron chi connectivity index (χ3n) is 2.11. The molecule has 0 saturated carbocycles. The molecule has 1 amide bonds. The Morgan fingerprint density at radius 1 is 1.46 bits per heavy atom. The lowest BCUT2D eigenvalue weighted by Crippen LogP contribution is -2.40. The number of aliphatic hydroxyl groups excluding tert-OH is 1. The van der Waals surface area contributed by atoms with Gasteiger partial charge in [-0.3, -0.25) is 4.79 Å². The molecule has 0 spiro atoms. The lowest BCUT2D eigenvalue weighted by molar-refractivity contribution is -0.122. The Balaban J connectivity index is 3.73. The van der Waals surface area contributed by atoms with Gasteiger partial charge in [-0.05, 0) is 12.3 Å². The summed E-state index contributed by atoms with van der Waals surface area (Å²) in [6.07, 6.45) is 2.51. The highest BCUT2D eigenvalue weighted by atomic mass is 16.3. The highest BCUT2D eigenvalue weighted by Gasteiger charge is 2.13. The maximum Gasteiger partial charge on any atom is 0.220 e. The molecule has 2 N–H and O–H groups in total. The van der Waals surface area contributed by atoms with Crippen molar-refractivity contribution in [1.29, 1.82) is 0 Å². The zero-order chi connectivity index (χ0) is 10.3. The summed E-state index contributed by atoms with van der Waals surface area (Å²) in [7, 11) is 0. The van der Waals surface area contributed by atoms with Crippen LogP contribution in [0.15, 0.2) is 0 Å². The van der Waals surface area contributed by atoms with Crippen LogP contribution in [0.25, 0.3) is 0 Å². The van der Waals surface area contributed by atoms with E-state index in [1.807, 2.05) is 13.8 Å². The zero-order valence-electron chi connectivity index (χ0n) is 8.84. The number of aliphatic hydroxyl groups is 1. The van der Waals surface area contributed by atoms with Crippen LogP contribution in [-0.4, -0.2) is 23.7 Å². The fourth-order valence-corrected chi connectivity index (χ4v) is 1.04. The van der Waals surface area contributed by atoms with Gasteiger partial charge < -0.3 is 10.4 Å². The van der Waals surface area contributed by atoms with Gasteiger partial charge in [-0.25, -0.2) is 0 Å². The van der Waals surface area contributed by atoms with Gasteiger partial charge in [-0.15, -0.1) is 0 Å². The van der Waals surface area contributed by atoms with Gasteiger partial charge in [0, 0.05) is 6.42 Å². The summed E-state index contributed by atoms with van der Waals surface area (Å²) >= 11 is 0. The predicted molar refractivity (Wildman–Crippen MR) is 53.4 cm³/mol. The lowest BCUT2D eigenvalue weighted by atomic mass is 10.1. The first kappa shape index (κ1) is 12.4. The molecule has 0 aromatic carbocycles. The number of carbonyl (C=O) groups excluding carboxylic acids is 1. The smallest absolute Gasteiger partial charge is 0.220 e. The van der Waals surface area contributed by atoms with E-state index in [2.05, 4.69) is 12.2 Å². The minimum atomic E-state index is -0.0932. The number of carbonyl (C=O) groups is 1. The number of rotatable bonds is 6. The SMILES string of the molecule is CCCCC(=O)N[C@H](CO)C(C)C. The molecule has 0 radical (unpaired) electrons. The van der Waals surface area contributed by atoms with E-state index in [4.69, 9.17) is 5.11 Å². The Morgan fingerprint density at radius 2 is 2.08 bits per heavy atom. The Hall–Kier alpha value is -0.570. The number of hydrogen-bond acceptors (Lipinski definition) is 2. The van der Waals surface area contributed by atoms with Crippen molar-refractivity contribution in [2.45, 2.75) is 46.1 Å². The van der Waals surface area contributed by atoms with Gasteiger partial charge in [-0.1, -0.05) is 27.2 Å². The van der Waals surface area contributed by atoms with Crippen LogP contribution >= 0.6 is 0 Å². The van der Waals surface area contributed by atoms with Crippen LogP contribution in [0.4, 0.5) is 0 Å². The van der Waals surface area contributed by atoms with Crippen molar-refractivity contribution in [3.05, 3.63) is 0 Å². The van der Waals surface area contributed by atoms with Crippen molar-refractivity contribution in [1.82, 2.24) is 5.32 Å². The van der Waals surface area contributed by atoms with Gasteiger partial charge in [0.25, 0.3) is 0 Å². The highest BCUT2D eigenvalue weighted by molar-refractivity contribution is 5.76. The molecule has 0 aromatic heterocycles. The summed E-state index contributed by atoms with van der Waals surface area (Å²) in [5.41, 5.74) is 0. The first-order valence-electron chi connectivity index (χ1n) is 5.02. The zero-order valence-corrected chi connectivity index (χ0v) is 8.84. The maximum absolute atomic E-state index is 11.3. The van der Waals surface area contributed by atoms with Gasteiger partial charge in [0.15, 0.2) is 0 Å². The summed E-state index contributed by atoms with van der Waals surface area (Å²) in [5.74, 6) is 0.338. The summed E-state index contributed by atoms with van der Waals surface area (Å²) in [5, 5.41) is 11.8. The van der Waals surface area contributed by atoms with Crippen molar-refractivity contribution in [3.63, 3.8) is 0 Å². The number of hydrogen-bond donors (Lipinski definition) is 2. The summed E-state index contributed by atoms with van der Waals surface area (Å²) in [4.78, 5) is 11.3. The van der Waals surface area contributed by atoms with Gasteiger partial charge in [0.1, 0.15) is 0 Å². The molecule has 0 fully saturated rings. The van der Waals surface area contributed by atoms with Crippen molar-refractivity contribution in [2.75, 3.05) is 6.61 Å². The minimum Gasteiger partial charge on any atom is -0.394 e. The number of nitrogens with one attached hydrogen (secondary N) is 1. The second kappa shape index (κ2) is 6.89. The van der Waals surface area contributed by atoms with E-state index < -0.39 is 0 Å². The molecule has 0 aliphatic carbocycles. The van der Waals surface area contributed by atoms with Gasteiger partial charge in [-0.2, -0.15) is 0 Å². The second-order valence-corrected chi connectivity index (χ2v) is 3.70. The van der Waals surface area contributed by atoms with Crippen molar-refractivity contribution in [3.8, 4) is 0 Å². The van der Waals surface area contributed by atoms with E-state index in [1.54, 1.807) is 0 Å². The van der Waals surface area contributed by atoms with Gasteiger partial charge in [0.05, 0.1) is 12.6 Å². The lowest BCUT2D eigenvalue weighted by Gasteiger charge is -2.19. The summed E-state index contributed by atoms with van der Waals surface area (Å²) < 4.78 is 0. The van der Waals surface area contributed by atoms with Crippen LogP contribution in [0.3, 0.4) is 0 Å². The number of amides is 1. The van der Waals surface area contributed by atoms with Crippen LogP contribution in [0, 0.1) is 5.92 Å². The molecule has 0 aliphatic heterocycles. The fourth-order valence-electron chi connectivity index (χ4n) is 1.04. The van der Waals surface area contributed by atoms with E-state index in [-0.39, 0.29) is 24.5 Å². The fraction of sp³-hybridized carbons (Fsp3) is 0.900. The van der Waals surface area contributed by atoms with Crippen LogP contribution in [0.5, 0.6) is 0 Å². The standard InChI is InChI=1S/C10H21NO2/c1-4-5-6-10(13)11-9(7-12)8(2)3/h8-9,12H,4-7H2,1-3H3,(H,11,13)/t9-/m1/s1. The normalized spacial score (nSPS) is 13.0. The molecule has 0 rings (SSSR count). The third kappa shape index (κ3) is 5.64. The molecule has 1 atom stereocenters. The molecule has 0 heterocycles. The Kier molecular flexibility index (Phi) is 6.59. The monoisotopic (exact) mass is 187 g/mol. The van der Waals surface area contributed by atoms with Crippen LogP contribution in [0.2, 0.25) is 0 Å². The topological polar surface area (TPSA) is 49.3 Å². The first-order valence-corrected chi connectivity index (χ1v) is 5.02. The third-order valence-corrected chi connectivity index (χ3v) is 2.11. The number of unbranched alkanes of at least 4 members (excludes halogenated alkanes) is 1. The highest BCUT2D eigenvalue weighted by Crippen LogP contribution is 2.01. The molecule has 78 valence electrons. The van der Waals surface area contributed by atoms with Crippen molar-refractivity contribution >= 4 is 5.91 Å². The Bertz CT molecular complexity index is 146. The maximum atomic E-state index is 11.3. The molecule has 3 nitrogen and oxygen atoms in total. The molecular formula is C10H21NO2. The van der Waals surface area contributed by atoms with Crippen LogP contribution < -0.4 is 5.32 Å². The average Bonchev–Trinajstić information content (AvgIpc) is 2.10. The quantitative estimate of drug-likeness (QED) is 0.658. The van der Waals surface area contributed by atoms with Gasteiger partial charge >= 0.3 is 0 Å². The van der Waals surface area contributed by atoms with Crippen molar-refractivity contribution in [2.24, 2.45) is 5.92 Å². The van der Waals surface area contributed by atoms with E-state index in [1.165, 1.54) is 0 Å². The molecule has 13 heavy (non-hydrogen) atoms. The summed E-state index contributed by atoms with van der Waals surface area (Å²) in [6, 6.07) is -0.0932. The Labute approximate surface area is 80.5 Å². The van der Waals surface area contributed by atoms with Crippen LogP contribution in [0.1, 0.15) is 40.0 Å². The molecular weight excluding hydrogens is 166 g/mol. The molecule has 0 unspecified atom stereocenters. The van der Waals surface area contributed by atoms with E-state index in [9.17, 15) is 4.79 Å². The first-order chi connectivity index (χ1) is 6.11. The van der Waals surface area contributed by atoms with Crippen LogP contribution in [-0.2, 0) is 4.79 Å². The predicted octanol–water partition coefficient (Wildman–Crippen LogP) is 1.31. The molecule has 0 aliphatic rings. The summed E-state index contributed by atoms with van der Waals surface area (Å²) in [6.45, 7) is 6.05. The largest absolute Gasteiger partial charge is 0.394 e. The molecule has 0 aromatic rings. The average molecular weight is 187 g/mol.